The molecule has 0 aliphatic rings. The number of thiazole rings is 1. The number of nitrogens with one attached hydrogen (secondary N) is 2. The van der Waals surface area contributed by atoms with Crippen LogP contribution in [0.15, 0.2) is 27.9 Å². The summed E-state index contributed by atoms with van der Waals surface area (Å²) in [6.45, 7) is 2.81. The molecule has 0 aliphatic carbocycles. The standard InChI is InChI=1S/C16H18F3N7S2/c1-10-24-25-13(26(10)2)7-21-15(20-6-11-4-3-5-27-11)22-8-14-23-12(9-28-14)16(17,18)19/h3-5,9H,6-8H2,1-2H3,(H2,20,21,22). The molecule has 0 saturated heterocycles. The molecule has 0 spiro atoms. The van der Waals surface area contributed by atoms with Crippen molar-refractivity contribution < 1.29 is 13.2 Å². The fourth-order valence-corrected chi connectivity index (χ4v) is 3.56. The maximum Gasteiger partial charge on any atom is 0.434 e. The first kappa shape index (κ1) is 20.3. The van der Waals surface area contributed by atoms with Crippen molar-refractivity contribution in [2.75, 3.05) is 0 Å². The number of thiophene rings is 1. The molecule has 0 atom stereocenters. The van der Waals surface area contributed by atoms with Crippen LogP contribution in [0.3, 0.4) is 0 Å². The average molecular weight is 429 g/mol. The Morgan fingerprint density at radius 3 is 2.61 bits per heavy atom. The molecule has 0 bridgehead atoms. The van der Waals surface area contributed by atoms with Gasteiger partial charge in [0.25, 0.3) is 0 Å². The van der Waals surface area contributed by atoms with Gasteiger partial charge in [-0.05, 0) is 18.4 Å². The third-order valence-electron chi connectivity index (χ3n) is 3.82. The van der Waals surface area contributed by atoms with Crippen molar-refractivity contribution in [3.8, 4) is 0 Å². The first-order valence-corrected chi connectivity index (χ1v) is 10.00. The second-order valence-corrected chi connectivity index (χ2v) is 7.77. The van der Waals surface area contributed by atoms with Crippen LogP contribution >= 0.6 is 22.7 Å². The summed E-state index contributed by atoms with van der Waals surface area (Å²) in [5.74, 6) is 1.91. The first-order valence-electron chi connectivity index (χ1n) is 8.24. The highest BCUT2D eigenvalue weighted by molar-refractivity contribution is 7.10. The highest BCUT2D eigenvalue weighted by atomic mass is 32.1. The highest BCUT2D eigenvalue weighted by Gasteiger charge is 2.33. The van der Waals surface area contributed by atoms with Crippen molar-refractivity contribution in [3.63, 3.8) is 0 Å². The number of aromatic nitrogens is 4. The van der Waals surface area contributed by atoms with Gasteiger partial charge in [0, 0.05) is 17.3 Å². The van der Waals surface area contributed by atoms with Gasteiger partial charge in [-0.3, -0.25) is 0 Å². The van der Waals surface area contributed by atoms with Crippen molar-refractivity contribution in [2.24, 2.45) is 12.0 Å². The van der Waals surface area contributed by atoms with E-state index in [0.29, 0.717) is 23.3 Å². The molecule has 0 aliphatic heterocycles. The van der Waals surface area contributed by atoms with E-state index < -0.39 is 11.9 Å². The lowest BCUT2D eigenvalue weighted by atomic mass is 10.4. The zero-order valence-corrected chi connectivity index (χ0v) is 16.8. The quantitative estimate of drug-likeness (QED) is 0.465. The van der Waals surface area contributed by atoms with Crippen LogP contribution in [0, 0.1) is 6.92 Å². The van der Waals surface area contributed by atoms with Gasteiger partial charge in [0.1, 0.15) is 17.4 Å². The number of halogens is 3. The monoisotopic (exact) mass is 429 g/mol. The van der Waals surface area contributed by atoms with E-state index >= 15 is 0 Å². The van der Waals surface area contributed by atoms with E-state index in [1.807, 2.05) is 36.1 Å². The van der Waals surface area contributed by atoms with Gasteiger partial charge in [-0.2, -0.15) is 13.2 Å². The second-order valence-electron chi connectivity index (χ2n) is 5.80. The van der Waals surface area contributed by atoms with Crippen molar-refractivity contribution >= 4 is 28.6 Å². The summed E-state index contributed by atoms with van der Waals surface area (Å²) in [6.07, 6.45) is -4.44. The van der Waals surface area contributed by atoms with Crippen molar-refractivity contribution in [1.82, 2.24) is 30.4 Å². The minimum absolute atomic E-state index is 0.134. The van der Waals surface area contributed by atoms with Gasteiger partial charge < -0.3 is 15.2 Å². The molecule has 0 fully saturated rings. The van der Waals surface area contributed by atoms with Gasteiger partial charge in [-0.25, -0.2) is 9.98 Å². The summed E-state index contributed by atoms with van der Waals surface area (Å²) >= 11 is 2.55. The smallest absolute Gasteiger partial charge is 0.351 e. The largest absolute Gasteiger partial charge is 0.434 e. The van der Waals surface area contributed by atoms with Crippen molar-refractivity contribution in [2.45, 2.75) is 32.7 Å². The molecule has 2 N–H and O–H groups in total. The van der Waals surface area contributed by atoms with E-state index in [1.54, 1.807) is 11.3 Å². The van der Waals surface area contributed by atoms with Crippen molar-refractivity contribution in [3.05, 3.63) is 50.1 Å². The Labute approximate surface area is 167 Å². The minimum atomic E-state index is -4.44. The number of nitrogens with zero attached hydrogens (tertiary/aromatic N) is 5. The van der Waals surface area contributed by atoms with Gasteiger partial charge >= 0.3 is 6.18 Å². The van der Waals surface area contributed by atoms with Gasteiger partial charge in [-0.1, -0.05) is 6.07 Å². The van der Waals surface area contributed by atoms with Gasteiger partial charge in [-0.15, -0.1) is 32.9 Å². The van der Waals surface area contributed by atoms with E-state index in [-0.39, 0.29) is 13.1 Å². The second kappa shape index (κ2) is 8.69. The predicted octanol–water partition coefficient (Wildman–Crippen LogP) is 3.10. The Morgan fingerprint density at radius 2 is 2.00 bits per heavy atom. The zero-order chi connectivity index (χ0) is 20.1. The van der Waals surface area contributed by atoms with E-state index in [9.17, 15) is 13.2 Å². The Hall–Kier alpha value is -2.47. The number of guanidine groups is 1. The maximum absolute atomic E-state index is 12.7. The topological polar surface area (TPSA) is 80.0 Å². The summed E-state index contributed by atoms with van der Waals surface area (Å²) in [7, 11) is 1.85. The summed E-state index contributed by atoms with van der Waals surface area (Å²) in [5.41, 5.74) is -0.881. The average Bonchev–Trinajstić information content (AvgIpc) is 3.38. The van der Waals surface area contributed by atoms with Crippen LogP contribution in [-0.2, 0) is 32.9 Å². The predicted molar refractivity (Wildman–Crippen MR) is 102 cm³/mol. The molecule has 0 saturated carbocycles. The maximum atomic E-state index is 12.7. The van der Waals surface area contributed by atoms with Crippen LogP contribution in [0.4, 0.5) is 13.2 Å². The van der Waals surface area contributed by atoms with Crippen LogP contribution in [0.1, 0.15) is 27.2 Å². The number of aliphatic imine (C=N–C) groups is 1. The molecule has 0 amide bonds. The molecule has 3 aromatic rings. The summed E-state index contributed by atoms with van der Waals surface area (Å²) in [5, 5.41) is 17.6. The van der Waals surface area contributed by atoms with Crippen LogP contribution in [0.25, 0.3) is 0 Å². The number of hydrogen-bond donors (Lipinski definition) is 2. The zero-order valence-electron chi connectivity index (χ0n) is 15.1. The molecule has 0 unspecified atom stereocenters. The Bertz CT molecular complexity index is 929. The lowest BCUT2D eigenvalue weighted by Gasteiger charge is -2.11. The number of hydrogen-bond acceptors (Lipinski definition) is 6. The highest BCUT2D eigenvalue weighted by Crippen LogP contribution is 2.29. The molecule has 28 heavy (non-hydrogen) atoms. The molecular weight excluding hydrogens is 411 g/mol. The van der Waals surface area contributed by atoms with E-state index in [2.05, 4.69) is 30.8 Å². The summed E-state index contributed by atoms with van der Waals surface area (Å²) < 4.78 is 39.9. The third kappa shape index (κ3) is 5.29. The van der Waals surface area contributed by atoms with Crippen LogP contribution in [0.5, 0.6) is 0 Å². The van der Waals surface area contributed by atoms with E-state index in [0.717, 1.165) is 27.4 Å². The lowest BCUT2D eigenvalue weighted by Crippen LogP contribution is -2.36. The fraction of sp³-hybridized carbons (Fsp3) is 0.375. The van der Waals surface area contributed by atoms with E-state index in [4.69, 9.17) is 0 Å². The van der Waals surface area contributed by atoms with Crippen LogP contribution in [-0.4, -0.2) is 25.7 Å². The van der Waals surface area contributed by atoms with Gasteiger partial charge in [0.05, 0.1) is 13.1 Å². The molecular formula is C16H18F3N7S2. The molecule has 0 radical (unpaired) electrons. The fourth-order valence-electron chi connectivity index (χ4n) is 2.18. The van der Waals surface area contributed by atoms with Crippen molar-refractivity contribution in [1.29, 1.82) is 0 Å². The molecule has 3 rings (SSSR count). The Balaban J connectivity index is 1.67. The number of aryl methyl sites for hydroxylation is 1. The SMILES string of the molecule is Cc1nnc(CN=C(NCc2cccs2)NCc2nc(C(F)(F)F)cs2)n1C. The third-order valence-corrected chi connectivity index (χ3v) is 5.55. The first-order chi connectivity index (χ1) is 13.3. The Kier molecular flexibility index (Phi) is 6.29. The molecule has 7 nitrogen and oxygen atoms in total. The van der Waals surface area contributed by atoms with Crippen LogP contribution in [0.2, 0.25) is 0 Å². The van der Waals surface area contributed by atoms with Crippen LogP contribution < -0.4 is 10.6 Å². The van der Waals surface area contributed by atoms with E-state index in [1.165, 1.54) is 0 Å². The molecule has 3 heterocycles. The normalized spacial score (nSPS) is 12.4. The molecule has 150 valence electrons. The summed E-state index contributed by atoms with van der Waals surface area (Å²) in [4.78, 5) is 9.20. The number of alkyl halides is 3. The molecule has 12 heteroatoms. The minimum Gasteiger partial charge on any atom is -0.351 e. The Morgan fingerprint density at radius 1 is 1.21 bits per heavy atom. The molecule has 0 aromatic carbocycles. The molecule has 3 aromatic heterocycles. The number of rotatable bonds is 6. The van der Waals surface area contributed by atoms with Gasteiger partial charge in [0.15, 0.2) is 17.5 Å². The van der Waals surface area contributed by atoms with Gasteiger partial charge in [0.2, 0.25) is 0 Å². The lowest BCUT2D eigenvalue weighted by molar-refractivity contribution is -0.140. The summed E-state index contributed by atoms with van der Waals surface area (Å²) in [6, 6.07) is 3.93.